The number of hydrogen-bond acceptors (Lipinski definition) is 7. The first-order valence-electron chi connectivity index (χ1n) is 10.4. The minimum atomic E-state index is -0.432. The van der Waals surface area contributed by atoms with Gasteiger partial charge >= 0.3 is 0 Å². The molecule has 10 heteroatoms. The van der Waals surface area contributed by atoms with E-state index in [9.17, 15) is 20.2 Å². The number of benzene rings is 2. The summed E-state index contributed by atoms with van der Waals surface area (Å²) >= 11 is 5.80. The number of fused-ring (bicyclic) bond motifs is 2. The number of nitro groups is 2. The number of halogens is 1. The summed E-state index contributed by atoms with van der Waals surface area (Å²) in [5.74, 6) is 0.876. The summed E-state index contributed by atoms with van der Waals surface area (Å²) in [6, 6.07) is 13.2. The normalized spacial score (nSPS) is 13.4. The van der Waals surface area contributed by atoms with Gasteiger partial charge in [-0.3, -0.25) is 20.2 Å². The van der Waals surface area contributed by atoms with Gasteiger partial charge in [0.25, 0.3) is 11.4 Å². The molecule has 5 rings (SSSR count). The van der Waals surface area contributed by atoms with Crippen molar-refractivity contribution < 1.29 is 9.85 Å². The fraction of sp³-hybridized carbons (Fsp3) is 0.217. The van der Waals surface area contributed by atoms with Crippen LogP contribution in [-0.4, -0.2) is 32.9 Å². The summed E-state index contributed by atoms with van der Waals surface area (Å²) in [6.07, 6.45) is 6.69. The van der Waals surface area contributed by atoms with Crippen LogP contribution in [0.2, 0.25) is 5.15 Å². The van der Waals surface area contributed by atoms with Crippen molar-refractivity contribution in [2.75, 3.05) is 18.0 Å². The molecule has 0 amide bonds. The van der Waals surface area contributed by atoms with E-state index >= 15 is 0 Å². The van der Waals surface area contributed by atoms with Crippen molar-refractivity contribution in [1.29, 1.82) is 0 Å². The molecule has 3 heterocycles. The van der Waals surface area contributed by atoms with Crippen molar-refractivity contribution >= 4 is 50.3 Å². The highest BCUT2D eigenvalue weighted by Crippen LogP contribution is 2.32. The number of anilines is 1. The predicted octanol–water partition coefficient (Wildman–Crippen LogP) is 5.93. The Morgan fingerprint density at radius 2 is 1.27 bits per heavy atom. The second-order valence-electron chi connectivity index (χ2n) is 7.54. The van der Waals surface area contributed by atoms with Gasteiger partial charge in [-0.1, -0.05) is 35.9 Å². The molecule has 0 atom stereocenters. The Labute approximate surface area is 193 Å². The first-order chi connectivity index (χ1) is 16.0. The van der Waals surface area contributed by atoms with Crippen molar-refractivity contribution in [2.45, 2.75) is 19.3 Å². The van der Waals surface area contributed by atoms with Crippen molar-refractivity contribution in [3.05, 3.63) is 86.3 Å². The van der Waals surface area contributed by atoms with Gasteiger partial charge in [0, 0.05) is 48.4 Å². The molecule has 0 aliphatic carbocycles. The third-order valence-corrected chi connectivity index (χ3v) is 5.85. The van der Waals surface area contributed by atoms with Crippen LogP contribution in [-0.2, 0) is 0 Å². The van der Waals surface area contributed by atoms with Crippen LogP contribution in [0.15, 0.2) is 60.9 Å². The Hall–Kier alpha value is -3.85. The molecule has 168 valence electrons. The van der Waals surface area contributed by atoms with Crippen molar-refractivity contribution in [3.8, 4) is 0 Å². The highest BCUT2D eigenvalue weighted by molar-refractivity contribution is 6.34. The largest absolute Gasteiger partial charge is 0.356 e. The number of nitro benzene ring substituents is 2. The molecule has 0 bridgehead atoms. The van der Waals surface area contributed by atoms with E-state index < -0.39 is 4.92 Å². The van der Waals surface area contributed by atoms with Crippen LogP contribution in [0.5, 0.6) is 0 Å². The molecular formula is C23H20ClN5O4. The van der Waals surface area contributed by atoms with Crippen LogP contribution in [0, 0.1) is 20.2 Å². The number of piperidine rings is 1. The molecule has 0 spiro atoms. The molecule has 0 radical (unpaired) electrons. The first kappa shape index (κ1) is 22.3. The molecule has 0 N–H and O–H groups in total. The smallest absolute Gasteiger partial charge is 0.277 e. The minimum absolute atomic E-state index is 0.0480. The first-order valence-corrected chi connectivity index (χ1v) is 10.8. The average molecular weight is 466 g/mol. The zero-order chi connectivity index (χ0) is 23.4. The monoisotopic (exact) mass is 465 g/mol. The summed E-state index contributed by atoms with van der Waals surface area (Å²) in [5.41, 5.74) is 0.199. The van der Waals surface area contributed by atoms with E-state index in [0.29, 0.717) is 16.2 Å². The molecule has 33 heavy (non-hydrogen) atoms. The van der Waals surface area contributed by atoms with Gasteiger partial charge in [0.2, 0.25) is 0 Å². The van der Waals surface area contributed by atoms with Crippen LogP contribution >= 0.6 is 11.6 Å². The zero-order valence-electron chi connectivity index (χ0n) is 17.6. The van der Waals surface area contributed by atoms with E-state index in [-0.39, 0.29) is 21.5 Å². The van der Waals surface area contributed by atoms with Gasteiger partial charge in [-0.15, -0.1) is 0 Å². The Balaban J connectivity index is 0.000000165. The molecule has 2 aromatic heterocycles. The summed E-state index contributed by atoms with van der Waals surface area (Å²) in [6.45, 7) is 1.96. The second-order valence-corrected chi connectivity index (χ2v) is 7.90. The Bertz CT molecular complexity index is 1340. The summed E-state index contributed by atoms with van der Waals surface area (Å²) in [4.78, 5) is 31.5. The lowest BCUT2D eigenvalue weighted by molar-refractivity contribution is -0.383. The van der Waals surface area contributed by atoms with Crippen molar-refractivity contribution in [3.63, 3.8) is 0 Å². The zero-order valence-corrected chi connectivity index (χ0v) is 18.3. The van der Waals surface area contributed by atoms with E-state index in [1.807, 2.05) is 6.07 Å². The van der Waals surface area contributed by atoms with Gasteiger partial charge in [-0.25, -0.2) is 9.97 Å². The van der Waals surface area contributed by atoms with Crippen LogP contribution < -0.4 is 4.90 Å². The molecule has 1 aliphatic heterocycles. The molecule has 4 aromatic rings. The fourth-order valence-corrected chi connectivity index (χ4v) is 4.23. The third-order valence-electron chi connectivity index (χ3n) is 5.55. The standard InChI is InChI=1S/C14H15N3O2.C9H5ClN2O2/c18-17(19)13-6-4-5-12-11(13)7-8-15-14(12)16-9-2-1-3-10-16;10-9-7-2-1-3-8(12(13)14)6(7)4-5-11-9/h4-8H,1-3,9-10H2;1-5H. The molecule has 0 saturated carbocycles. The summed E-state index contributed by atoms with van der Waals surface area (Å²) in [7, 11) is 0. The molecule has 9 nitrogen and oxygen atoms in total. The molecular weight excluding hydrogens is 446 g/mol. The Morgan fingerprint density at radius 1 is 0.727 bits per heavy atom. The number of aromatic nitrogens is 2. The minimum Gasteiger partial charge on any atom is -0.356 e. The SMILES string of the molecule is O=[N+]([O-])c1cccc2c(Cl)nccc12.O=[N+]([O-])c1cccc2c(N3CCCCC3)nccc12. The maximum absolute atomic E-state index is 11.1. The van der Waals surface area contributed by atoms with E-state index in [0.717, 1.165) is 37.1 Å². The average Bonchev–Trinajstić information content (AvgIpc) is 2.84. The van der Waals surface area contributed by atoms with Crippen LogP contribution in [0.1, 0.15) is 19.3 Å². The third kappa shape index (κ3) is 4.68. The Kier molecular flexibility index (Phi) is 6.60. The van der Waals surface area contributed by atoms with Gasteiger partial charge in [0.05, 0.1) is 20.6 Å². The fourth-order valence-electron chi connectivity index (χ4n) is 4.01. The van der Waals surface area contributed by atoms with Gasteiger partial charge < -0.3 is 4.90 Å². The lowest BCUT2D eigenvalue weighted by atomic mass is 10.1. The summed E-state index contributed by atoms with van der Waals surface area (Å²) in [5, 5.41) is 24.7. The number of nitrogens with zero attached hydrogens (tertiary/aromatic N) is 5. The van der Waals surface area contributed by atoms with E-state index in [2.05, 4.69) is 14.9 Å². The number of pyridine rings is 2. The van der Waals surface area contributed by atoms with Gasteiger partial charge in [-0.05, 0) is 31.4 Å². The molecule has 1 aliphatic rings. The highest BCUT2D eigenvalue weighted by atomic mass is 35.5. The van der Waals surface area contributed by atoms with Crippen molar-refractivity contribution in [1.82, 2.24) is 9.97 Å². The quantitative estimate of drug-likeness (QED) is 0.209. The second kappa shape index (κ2) is 9.74. The van der Waals surface area contributed by atoms with Crippen LogP contribution in [0.4, 0.5) is 17.2 Å². The number of hydrogen-bond donors (Lipinski definition) is 0. The summed E-state index contributed by atoms with van der Waals surface area (Å²) < 4.78 is 0. The maximum Gasteiger partial charge on any atom is 0.277 e. The van der Waals surface area contributed by atoms with E-state index in [1.165, 1.54) is 18.7 Å². The highest BCUT2D eigenvalue weighted by Gasteiger charge is 2.18. The lowest BCUT2D eigenvalue weighted by Crippen LogP contribution is -2.30. The molecule has 1 fully saturated rings. The van der Waals surface area contributed by atoms with E-state index in [4.69, 9.17) is 11.6 Å². The lowest BCUT2D eigenvalue weighted by Gasteiger charge is -2.28. The van der Waals surface area contributed by atoms with Crippen LogP contribution in [0.3, 0.4) is 0 Å². The molecule has 2 aromatic carbocycles. The van der Waals surface area contributed by atoms with Gasteiger partial charge in [0.1, 0.15) is 11.0 Å². The van der Waals surface area contributed by atoms with Crippen molar-refractivity contribution in [2.24, 2.45) is 0 Å². The van der Waals surface area contributed by atoms with Gasteiger partial charge in [0.15, 0.2) is 0 Å². The molecule has 0 unspecified atom stereocenters. The Morgan fingerprint density at radius 3 is 1.88 bits per heavy atom. The topological polar surface area (TPSA) is 115 Å². The number of rotatable bonds is 3. The number of non-ortho nitro benzene ring substituents is 2. The van der Waals surface area contributed by atoms with Gasteiger partial charge in [-0.2, -0.15) is 0 Å². The maximum atomic E-state index is 11.1. The van der Waals surface area contributed by atoms with Crippen LogP contribution in [0.25, 0.3) is 21.5 Å². The predicted molar refractivity (Wildman–Crippen MR) is 128 cm³/mol. The molecule has 1 saturated heterocycles. The van der Waals surface area contributed by atoms with E-state index in [1.54, 1.807) is 42.6 Å².